The monoisotopic (exact) mass is 544 g/mol. The number of carbonyl (C=O) groups is 1. The highest BCUT2D eigenvalue weighted by atomic mass is 19.4. The molecule has 1 aliphatic carbocycles. The number of tetrazole rings is 1. The van der Waals surface area contributed by atoms with Crippen molar-refractivity contribution in [2.45, 2.75) is 56.7 Å². The fourth-order valence-electron chi connectivity index (χ4n) is 5.82. The minimum Gasteiger partial charge on any atom is -0.469 e. The van der Waals surface area contributed by atoms with Crippen molar-refractivity contribution in [3.8, 4) is 5.69 Å². The van der Waals surface area contributed by atoms with E-state index in [0.29, 0.717) is 23.1 Å². The first-order valence-corrected chi connectivity index (χ1v) is 12.5. The molecular formula is C28H28F4N4O3. The van der Waals surface area contributed by atoms with Crippen LogP contribution in [0.15, 0.2) is 48.5 Å². The zero-order valence-electron chi connectivity index (χ0n) is 21.9. The van der Waals surface area contributed by atoms with E-state index < -0.39 is 35.3 Å². The lowest BCUT2D eigenvalue weighted by Gasteiger charge is -2.31. The van der Waals surface area contributed by atoms with Crippen molar-refractivity contribution in [2.24, 2.45) is 5.92 Å². The largest absolute Gasteiger partial charge is 0.469 e. The molecule has 3 atom stereocenters. The van der Waals surface area contributed by atoms with Crippen molar-refractivity contribution in [1.82, 2.24) is 20.2 Å². The fourth-order valence-corrected chi connectivity index (χ4v) is 5.82. The lowest BCUT2D eigenvalue weighted by atomic mass is 9.78. The van der Waals surface area contributed by atoms with Gasteiger partial charge in [0.25, 0.3) is 5.82 Å². The molecule has 1 spiro atoms. The van der Waals surface area contributed by atoms with Gasteiger partial charge in [-0.05, 0) is 81.3 Å². The third-order valence-electron chi connectivity index (χ3n) is 7.55. The van der Waals surface area contributed by atoms with Crippen LogP contribution in [0.25, 0.3) is 11.3 Å². The molecule has 1 aliphatic heterocycles. The van der Waals surface area contributed by atoms with Crippen LogP contribution in [0.2, 0.25) is 0 Å². The summed E-state index contributed by atoms with van der Waals surface area (Å²) in [5.74, 6) is -2.92. The maximum Gasteiger partial charge on any atom is 0.453 e. The van der Waals surface area contributed by atoms with Crippen molar-refractivity contribution in [3.63, 3.8) is 0 Å². The van der Waals surface area contributed by atoms with E-state index in [4.69, 9.17) is 9.47 Å². The fraction of sp³-hybridized carbons (Fsp3) is 0.429. The predicted molar refractivity (Wildman–Crippen MR) is 133 cm³/mol. The summed E-state index contributed by atoms with van der Waals surface area (Å²) in [5.41, 5.74) is 2.07. The number of esters is 1. The number of nitrogens with zero attached hydrogens (tertiary/aromatic N) is 4. The highest BCUT2D eigenvalue weighted by molar-refractivity contribution is 5.78. The molecule has 1 fully saturated rings. The Hall–Kier alpha value is -3.60. The van der Waals surface area contributed by atoms with Gasteiger partial charge in [-0.2, -0.15) is 17.9 Å². The molecule has 206 valence electrons. The Balaban J connectivity index is 1.63. The average molecular weight is 545 g/mol. The van der Waals surface area contributed by atoms with Gasteiger partial charge < -0.3 is 9.47 Å². The van der Waals surface area contributed by atoms with E-state index >= 15 is 0 Å². The molecule has 0 saturated heterocycles. The van der Waals surface area contributed by atoms with Crippen LogP contribution in [0.5, 0.6) is 0 Å². The summed E-state index contributed by atoms with van der Waals surface area (Å²) in [6.07, 6.45) is -1.73. The van der Waals surface area contributed by atoms with Crippen LogP contribution in [0.3, 0.4) is 0 Å². The Bertz CT molecular complexity index is 1430. The van der Waals surface area contributed by atoms with E-state index in [9.17, 15) is 22.4 Å². The molecule has 2 aromatic carbocycles. The third-order valence-corrected chi connectivity index (χ3v) is 7.55. The molecule has 2 heterocycles. The van der Waals surface area contributed by atoms with Gasteiger partial charge in [0.05, 0.1) is 30.9 Å². The Kier molecular flexibility index (Phi) is 6.61. The first-order chi connectivity index (χ1) is 18.3. The number of alkyl halides is 3. The van der Waals surface area contributed by atoms with Crippen LogP contribution in [0, 0.1) is 11.7 Å². The van der Waals surface area contributed by atoms with Crippen molar-refractivity contribution in [2.75, 3.05) is 13.7 Å². The quantitative estimate of drug-likeness (QED) is 0.313. The molecule has 5 rings (SSSR count). The van der Waals surface area contributed by atoms with Crippen LogP contribution < -0.4 is 0 Å². The minimum absolute atomic E-state index is 0.158. The van der Waals surface area contributed by atoms with Crippen molar-refractivity contribution in [1.29, 1.82) is 0 Å². The Morgan fingerprint density at radius 3 is 2.49 bits per heavy atom. The van der Waals surface area contributed by atoms with E-state index in [1.807, 2.05) is 26.8 Å². The van der Waals surface area contributed by atoms with Crippen molar-refractivity contribution < 1.29 is 31.8 Å². The normalized spacial score (nSPS) is 23.3. The molecule has 0 amide bonds. The molecule has 2 aliphatic rings. The zero-order valence-corrected chi connectivity index (χ0v) is 21.9. The van der Waals surface area contributed by atoms with Crippen molar-refractivity contribution in [3.05, 3.63) is 76.9 Å². The number of benzene rings is 2. The van der Waals surface area contributed by atoms with E-state index in [2.05, 4.69) is 15.5 Å². The van der Waals surface area contributed by atoms with E-state index in [-0.39, 0.29) is 23.7 Å². The summed E-state index contributed by atoms with van der Waals surface area (Å²) >= 11 is 0. The Morgan fingerprint density at radius 1 is 1.13 bits per heavy atom. The summed E-state index contributed by atoms with van der Waals surface area (Å²) < 4.78 is 66.6. The molecule has 11 heteroatoms. The number of ether oxygens (including phenoxy) is 2. The number of aromatic nitrogens is 4. The maximum atomic E-state index is 13.7. The summed E-state index contributed by atoms with van der Waals surface area (Å²) in [7, 11) is 1.33. The smallest absolute Gasteiger partial charge is 0.453 e. The molecule has 3 unspecified atom stereocenters. The van der Waals surface area contributed by atoms with Crippen LogP contribution in [-0.4, -0.2) is 45.5 Å². The van der Waals surface area contributed by atoms with Crippen molar-refractivity contribution >= 4 is 11.5 Å². The number of carbonyl (C=O) groups excluding carboxylic acids is 1. The topological polar surface area (TPSA) is 79.1 Å². The third kappa shape index (κ3) is 4.84. The Morgan fingerprint density at radius 2 is 1.85 bits per heavy atom. The molecular weight excluding hydrogens is 516 g/mol. The lowest BCUT2D eigenvalue weighted by molar-refractivity contribution is -0.147. The van der Waals surface area contributed by atoms with Crippen LogP contribution in [0.1, 0.15) is 62.0 Å². The molecule has 39 heavy (non-hydrogen) atoms. The number of methoxy groups -OCH3 is 1. The second kappa shape index (κ2) is 9.55. The highest BCUT2D eigenvalue weighted by Crippen LogP contribution is 2.54. The number of hydrogen-bond acceptors (Lipinski definition) is 6. The average Bonchev–Trinajstić information content (AvgIpc) is 3.62. The molecule has 0 N–H and O–H groups in total. The number of rotatable bonds is 4. The zero-order chi connectivity index (χ0) is 28.2. The standard InChI is InChI=1S/C28H28F4N4O3/c1-26(2,3)22-10-9-19(36-25(28(30,31)32)33-34-35-36)13-21(22)17-14-27(39-15-17)12-11-20(24(37)38-4)23(27)16-5-7-18(29)8-6-16/h5-10,13-14,20,23H,11-12,15H2,1-4H3. The molecule has 0 bridgehead atoms. The summed E-state index contributed by atoms with van der Waals surface area (Å²) in [6.45, 7) is 6.22. The SMILES string of the molecule is COC(=O)C1CCC2(C=C(c3cc(-n4nnnc4C(F)(F)F)ccc3C(C)(C)C)CO2)C1c1ccc(F)cc1. The second-order valence-corrected chi connectivity index (χ2v) is 11.0. The van der Waals surface area contributed by atoms with Gasteiger partial charge in [-0.3, -0.25) is 4.79 Å². The number of hydrogen-bond donors (Lipinski definition) is 0. The molecule has 1 saturated carbocycles. The summed E-state index contributed by atoms with van der Waals surface area (Å²) in [5, 5.41) is 9.99. The lowest BCUT2D eigenvalue weighted by Crippen LogP contribution is -2.34. The molecule has 7 nitrogen and oxygen atoms in total. The van der Waals surface area contributed by atoms with Gasteiger partial charge in [-0.1, -0.05) is 39.0 Å². The first kappa shape index (κ1) is 27.0. The predicted octanol–water partition coefficient (Wildman–Crippen LogP) is 5.64. The van der Waals surface area contributed by atoms with E-state index in [1.165, 1.54) is 19.2 Å². The molecule has 0 radical (unpaired) electrons. The summed E-state index contributed by atoms with van der Waals surface area (Å²) in [6, 6.07) is 11.0. The highest BCUT2D eigenvalue weighted by Gasteiger charge is 2.54. The van der Waals surface area contributed by atoms with Gasteiger partial charge in [-0.15, -0.1) is 5.10 Å². The second-order valence-electron chi connectivity index (χ2n) is 11.0. The van der Waals surface area contributed by atoms with E-state index in [1.54, 1.807) is 30.3 Å². The minimum atomic E-state index is -4.73. The van der Waals surface area contributed by atoms with Gasteiger partial charge >= 0.3 is 12.1 Å². The summed E-state index contributed by atoms with van der Waals surface area (Å²) in [4.78, 5) is 12.7. The first-order valence-electron chi connectivity index (χ1n) is 12.5. The van der Waals surface area contributed by atoms with Gasteiger partial charge in [-0.25, -0.2) is 4.39 Å². The van der Waals surface area contributed by atoms with Gasteiger partial charge in [0, 0.05) is 5.92 Å². The maximum absolute atomic E-state index is 13.7. The van der Waals surface area contributed by atoms with Gasteiger partial charge in [0.15, 0.2) is 0 Å². The van der Waals surface area contributed by atoms with Crippen LogP contribution >= 0.6 is 0 Å². The van der Waals surface area contributed by atoms with Crippen LogP contribution in [-0.2, 0) is 25.9 Å². The van der Waals surface area contributed by atoms with Gasteiger partial charge in [0.1, 0.15) is 5.82 Å². The van der Waals surface area contributed by atoms with Crippen LogP contribution in [0.4, 0.5) is 17.6 Å². The Labute approximate surface area is 222 Å². The number of halogens is 4. The van der Waals surface area contributed by atoms with E-state index in [0.717, 1.165) is 16.7 Å². The molecule has 3 aromatic rings. The molecule has 1 aromatic heterocycles. The van der Waals surface area contributed by atoms with Gasteiger partial charge in [0.2, 0.25) is 0 Å².